The average molecular weight is 281 g/mol. The summed E-state index contributed by atoms with van der Waals surface area (Å²) in [7, 11) is 0. The number of nitrogens with one attached hydrogen (secondary N) is 1. The fourth-order valence-corrected chi connectivity index (χ4v) is 1.93. The molecule has 19 heavy (non-hydrogen) atoms. The molecule has 0 bridgehead atoms. The monoisotopic (exact) mass is 281 g/mol. The smallest absolute Gasteiger partial charge is 0.305 e. The molecule has 0 aliphatic carbocycles. The van der Waals surface area contributed by atoms with Crippen LogP contribution in [0, 0.1) is 15.9 Å². The van der Waals surface area contributed by atoms with Gasteiger partial charge in [-0.1, -0.05) is 0 Å². The van der Waals surface area contributed by atoms with E-state index < -0.39 is 22.3 Å². The third-order valence-electron chi connectivity index (χ3n) is 2.31. The number of halogens is 1. The van der Waals surface area contributed by atoms with Gasteiger partial charge in [-0.2, -0.15) is 4.39 Å². The van der Waals surface area contributed by atoms with E-state index in [1.807, 2.05) is 0 Å². The molecule has 1 aromatic carbocycles. The second kappa shape index (κ2) is 5.53. The van der Waals surface area contributed by atoms with Crippen molar-refractivity contribution >= 4 is 22.9 Å². The molecule has 0 unspecified atom stereocenters. The molecule has 0 spiro atoms. The van der Waals surface area contributed by atoms with Gasteiger partial charge in [-0.05, 0) is 12.1 Å². The van der Waals surface area contributed by atoms with Crippen LogP contribution in [0.4, 0.5) is 10.1 Å². The number of benzene rings is 1. The lowest BCUT2D eigenvalue weighted by Gasteiger charge is -2.03. The van der Waals surface area contributed by atoms with Crippen LogP contribution in [0.1, 0.15) is 15.2 Å². The number of amides is 1. The van der Waals surface area contributed by atoms with Crippen molar-refractivity contribution in [2.75, 3.05) is 0 Å². The average Bonchev–Trinajstić information content (AvgIpc) is 2.89. The van der Waals surface area contributed by atoms with Crippen molar-refractivity contribution in [2.24, 2.45) is 0 Å². The highest BCUT2D eigenvalue weighted by molar-refractivity contribution is 7.09. The van der Waals surface area contributed by atoms with Crippen molar-refractivity contribution in [3.63, 3.8) is 0 Å². The van der Waals surface area contributed by atoms with Gasteiger partial charge >= 0.3 is 5.69 Å². The van der Waals surface area contributed by atoms with Gasteiger partial charge in [0.1, 0.15) is 0 Å². The maximum atomic E-state index is 13.1. The molecule has 0 radical (unpaired) electrons. The van der Waals surface area contributed by atoms with Gasteiger partial charge in [-0.15, -0.1) is 11.3 Å². The zero-order chi connectivity index (χ0) is 13.8. The molecule has 0 fully saturated rings. The lowest BCUT2D eigenvalue weighted by atomic mass is 10.2. The summed E-state index contributed by atoms with van der Waals surface area (Å²) in [4.78, 5) is 26.2. The molecular weight excluding hydrogens is 273 g/mol. The van der Waals surface area contributed by atoms with Gasteiger partial charge in [0.2, 0.25) is 5.82 Å². The van der Waals surface area contributed by atoms with Crippen molar-refractivity contribution in [3.05, 3.63) is 56.3 Å². The second-order valence-corrected chi connectivity index (χ2v) is 4.54. The van der Waals surface area contributed by atoms with Crippen molar-refractivity contribution in [3.8, 4) is 0 Å². The summed E-state index contributed by atoms with van der Waals surface area (Å²) >= 11 is 1.38. The molecule has 2 rings (SSSR count). The molecule has 1 aromatic heterocycles. The summed E-state index contributed by atoms with van der Waals surface area (Å²) in [5.41, 5.74) is 0.951. The van der Waals surface area contributed by atoms with Crippen molar-refractivity contribution in [1.29, 1.82) is 0 Å². The Hall–Kier alpha value is -2.35. The molecule has 1 N–H and O–H groups in total. The van der Waals surface area contributed by atoms with Gasteiger partial charge in [0.25, 0.3) is 5.91 Å². The van der Waals surface area contributed by atoms with Gasteiger partial charge in [0.05, 0.1) is 17.0 Å². The van der Waals surface area contributed by atoms with Crippen LogP contribution in [0.3, 0.4) is 0 Å². The normalized spacial score (nSPS) is 10.2. The van der Waals surface area contributed by atoms with Gasteiger partial charge in [-0.3, -0.25) is 19.9 Å². The Morgan fingerprint density at radius 1 is 1.53 bits per heavy atom. The summed E-state index contributed by atoms with van der Waals surface area (Å²) in [6.07, 6.45) is 1.61. The first-order valence-corrected chi connectivity index (χ1v) is 6.05. The minimum Gasteiger partial charge on any atom is -0.347 e. The highest BCUT2D eigenvalue weighted by Gasteiger charge is 2.17. The minimum absolute atomic E-state index is 0.0395. The zero-order valence-corrected chi connectivity index (χ0v) is 10.3. The summed E-state index contributed by atoms with van der Waals surface area (Å²) in [6, 6.07) is 3.02. The Morgan fingerprint density at radius 3 is 2.95 bits per heavy atom. The molecule has 0 saturated carbocycles. The van der Waals surface area contributed by atoms with Crippen molar-refractivity contribution in [2.45, 2.75) is 6.54 Å². The van der Waals surface area contributed by atoms with E-state index in [4.69, 9.17) is 0 Å². The summed E-state index contributed by atoms with van der Waals surface area (Å²) in [5, 5.41) is 13.1. The molecule has 2 aromatic rings. The van der Waals surface area contributed by atoms with E-state index in [0.29, 0.717) is 0 Å². The van der Waals surface area contributed by atoms with Crippen LogP contribution in [0.15, 0.2) is 29.9 Å². The van der Waals surface area contributed by atoms with E-state index in [-0.39, 0.29) is 12.1 Å². The number of thiazole rings is 1. The van der Waals surface area contributed by atoms with E-state index in [0.717, 1.165) is 17.0 Å². The highest BCUT2D eigenvalue weighted by atomic mass is 32.1. The molecule has 1 heterocycles. The Bertz CT molecular complexity index is 616. The number of hydrogen-bond acceptors (Lipinski definition) is 5. The largest absolute Gasteiger partial charge is 0.347 e. The lowest BCUT2D eigenvalue weighted by molar-refractivity contribution is -0.387. The van der Waals surface area contributed by atoms with E-state index >= 15 is 0 Å². The number of aromatic nitrogens is 1. The highest BCUT2D eigenvalue weighted by Crippen LogP contribution is 2.18. The van der Waals surface area contributed by atoms with Crippen LogP contribution in [-0.4, -0.2) is 15.8 Å². The maximum absolute atomic E-state index is 13.1. The van der Waals surface area contributed by atoms with Crippen molar-refractivity contribution in [1.82, 2.24) is 10.3 Å². The van der Waals surface area contributed by atoms with E-state index in [2.05, 4.69) is 10.3 Å². The molecule has 0 aliphatic heterocycles. The number of carbonyl (C=O) groups excluding carboxylic acids is 1. The molecule has 0 atom stereocenters. The fourth-order valence-electron chi connectivity index (χ4n) is 1.39. The SMILES string of the molecule is O=C(NCc1cncs1)c1ccc(F)c([N+](=O)[O-])c1. The van der Waals surface area contributed by atoms with Crippen LogP contribution in [-0.2, 0) is 6.54 Å². The first kappa shape index (κ1) is 13.1. The quantitative estimate of drug-likeness (QED) is 0.687. The van der Waals surface area contributed by atoms with Crippen LogP contribution < -0.4 is 5.32 Å². The topological polar surface area (TPSA) is 85.1 Å². The van der Waals surface area contributed by atoms with Gasteiger partial charge in [0, 0.05) is 22.7 Å². The first-order valence-electron chi connectivity index (χ1n) is 5.17. The number of nitrogens with zero attached hydrogens (tertiary/aromatic N) is 2. The zero-order valence-electron chi connectivity index (χ0n) is 9.50. The number of nitro groups is 1. The number of carbonyl (C=O) groups is 1. The summed E-state index contributed by atoms with van der Waals surface area (Å²) in [5.74, 6) is -1.47. The number of rotatable bonds is 4. The van der Waals surface area contributed by atoms with Crippen LogP contribution >= 0.6 is 11.3 Å². The predicted molar refractivity (Wildman–Crippen MR) is 66.3 cm³/mol. The number of hydrogen-bond donors (Lipinski definition) is 1. The fraction of sp³-hybridized carbons (Fsp3) is 0.0909. The first-order chi connectivity index (χ1) is 9.08. The standard InChI is InChI=1S/C11H8FN3O3S/c12-9-2-1-7(3-10(9)15(17)18)11(16)14-5-8-4-13-6-19-8/h1-4,6H,5H2,(H,14,16). The predicted octanol–water partition coefficient (Wildman–Crippen LogP) is 2.12. The maximum Gasteiger partial charge on any atom is 0.305 e. The molecule has 1 amide bonds. The molecular formula is C11H8FN3O3S. The Labute approximate surface area is 111 Å². The third kappa shape index (κ3) is 3.10. The van der Waals surface area contributed by atoms with Crippen LogP contribution in [0.25, 0.3) is 0 Å². The number of nitro benzene ring substituents is 1. The van der Waals surface area contributed by atoms with Gasteiger partial charge < -0.3 is 5.32 Å². The van der Waals surface area contributed by atoms with E-state index in [1.54, 1.807) is 11.7 Å². The van der Waals surface area contributed by atoms with E-state index in [9.17, 15) is 19.3 Å². The Balaban J connectivity index is 2.11. The second-order valence-electron chi connectivity index (χ2n) is 3.57. The van der Waals surface area contributed by atoms with Crippen molar-refractivity contribution < 1.29 is 14.1 Å². The summed E-state index contributed by atoms with van der Waals surface area (Å²) in [6.45, 7) is 0.272. The molecule has 0 saturated heterocycles. The molecule has 98 valence electrons. The molecule has 0 aliphatic rings. The van der Waals surface area contributed by atoms with Crippen LogP contribution in [0.5, 0.6) is 0 Å². The molecule has 6 nitrogen and oxygen atoms in total. The summed E-state index contributed by atoms with van der Waals surface area (Å²) < 4.78 is 13.1. The Kier molecular flexibility index (Phi) is 3.81. The Morgan fingerprint density at radius 2 is 2.32 bits per heavy atom. The third-order valence-corrected chi connectivity index (χ3v) is 3.09. The minimum atomic E-state index is -0.969. The molecule has 8 heteroatoms. The van der Waals surface area contributed by atoms with Gasteiger partial charge in [0.15, 0.2) is 0 Å². The van der Waals surface area contributed by atoms with E-state index in [1.165, 1.54) is 17.4 Å². The van der Waals surface area contributed by atoms with Gasteiger partial charge in [-0.25, -0.2) is 0 Å². The lowest BCUT2D eigenvalue weighted by Crippen LogP contribution is -2.22. The van der Waals surface area contributed by atoms with Crippen LogP contribution in [0.2, 0.25) is 0 Å².